The van der Waals surface area contributed by atoms with Crippen molar-refractivity contribution in [2.45, 2.75) is 10.8 Å². The standard InChI is InChI=1S/C25H25Cl2NO3S/c1-28(14-15-31-22-10-12-23(13-11-22)32-17-25(29)30)16-24(18-2-6-20(26)7-3-18)19-4-8-21(27)9-5-19/h2-13,24H,14-17H2,1H3,(H,29,30). The Balaban J connectivity index is 1.56. The molecule has 0 amide bonds. The second-order valence-electron chi connectivity index (χ2n) is 7.42. The van der Waals surface area contributed by atoms with E-state index in [0.717, 1.165) is 33.8 Å². The Hall–Kier alpha value is -2.18. The first-order valence-corrected chi connectivity index (χ1v) is 11.9. The summed E-state index contributed by atoms with van der Waals surface area (Å²) < 4.78 is 5.88. The fourth-order valence-corrected chi connectivity index (χ4v) is 4.16. The van der Waals surface area contributed by atoms with Gasteiger partial charge in [0.1, 0.15) is 12.4 Å². The summed E-state index contributed by atoms with van der Waals surface area (Å²) in [4.78, 5) is 13.8. The molecule has 3 aromatic carbocycles. The molecular weight excluding hydrogens is 465 g/mol. The van der Waals surface area contributed by atoms with E-state index < -0.39 is 5.97 Å². The molecule has 0 saturated heterocycles. The number of ether oxygens (including phenoxy) is 1. The number of benzene rings is 3. The zero-order valence-corrected chi connectivity index (χ0v) is 20.0. The van der Waals surface area contributed by atoms with Crippen molar-refractivity contribution >= 4 is 40.9 Å². The third kappa shape index (κ3) is 7.75. The molecule has 0 aliphatic rings. The Bertz CT molecular complexity index is 950. The van der Waals surface area contributed by atoms with Gasteiger partial charge in [-0.1, -0.05) is 47.5 Å². The van der Waals surface area contributed by atoms with Crippen molar-refractivity contribution in [3.05, 3.63) is 94.0 Å². The van der Waals surface area contributed by atoms with Crippen molar-refractivity contribution in [3.63, 3.8) is 0 Å². The summed E-state index contributed by atoms with van der Waals surface area (Å²) in [5.74, 6) is 0.173. The summed E-state index contributed by atoms with van der Waals surface area (Å²) in [6.07, 6.45) is 0. The number of rotatable bonds is 11. The molecule has 7 heteroatoms. The summed E-state index contributed by atoms with van der Waals surface area (Å²) in [5.41, 5.74) is 2.39. The molecule has 0 saturated carbocycles. The minimum atomic E-state index is -0.825. The molecule has 0 spiro atoms. The molecular formula is C25H25Cl2NO3S. The van der Waals surface area contributed by atoms with Crippen LogP contribution in [0.2, 0.25) is 10.0 Å². The Kier molecular flexibility index (Phi) is 9.30. The predicted octanol–water partition coefficient (Wildman–Crippen LogP) is 6.31. The van der Waals surface area contributed by atoms with Crippen molar-refractivity contribution in [1.82, 2.24) is 4.90 Å². The number of hydrogen-bond acceptors (Lipinski definition) is 4. The monoisotopic (exact) mass is 489 g/mol. The number of likely N-dealkylation sites (N-methyl/N-ethyl adjacent to an activating group) is 1. The zero-order valence-electron chi connectivity index (χ0n) is 17.7. The number of nitrogens with zero attached hydrogens (tertiary/aromatic N) is 1. The van der Waals surface area contributed by atoms with Gasteiger partial charge in [-0.3, -0.25) is 4.79 Å². The maximum absolute atomic E-state index is 10.7. The highest BCUT2D eigenvalue weighted by atomic mass is 35.5. The third-order valence-corrected chi connectivity index (χ3v) is 6.47. The number of thioether (sulfide) groups is 1. The highest BCUT2D eigenvalue weighted by Crippen LogP contribution is 2.28. The van der Waals surface area contributed by atoms with Gasteiger partial charge in [0.25, 0.3) is 0 Å². The molecule has 0 radical (unpaired) electrons. The van der Waals surface area contributed by atoms with Crippen LogP contribution >= 0.6 is 35.0 Å². The van der Waals surface area contributed by atoms with Crippen molar-refractivity contribution in [1.29, 1.82) is 0 Å². The van der Waals surface area contributed by atoms with Gasteiger partial charge in [-0.15, -0.1) is 11.8 Å². The minimum absolute atomic E-state index is 0.0490. The van der Waals surface area contributed by atoms with E-state index in [2.05, 4.69) is 36.2 Å². The molecule has 0 aliphatic carbocycles. The first-order valence-electron chi connectivity index (χ1n) is 10.2. The molecule has 32 heavy (non-hydrogen) atoms. The topological polar surface area (TPSA) is 49.8 Å². The molecule has 3 aromatic rings. The van der Waals surface area contributed by atoms with Crippen LogP contribution in [0, 0.1) is 0 Å². The lowest BCUT2D eigenvalue weighted by molar-refractivity contribution is -0.133. The fourth-order valence-electron chi connectivity index (χ4n) is 3.29. The molecule has 0 aromatic heterocycles. The second kappa shape index (κ2) is 12.2. The fraction of sp³-hybridized carbons (Fsp3) is 0.240. The van der Waals surface area contributed by atoms with Gasteiger partial charge in [0.15, 0.2) is 0 Å². The molecule has 0 bridgehead atoms. The summed E-state index contributed by atoms with van der Waals surface area (Å²) in [6, 6.07) is 23.4. The normalized spacial score (nSPS) is 11.2. The maximum atomic E-state index is 10.7. The van der Waals surface area contributed by atoms with E-state index in [1.54, 1.807) is 0 Å². The highest BCUT2D eigenvalue weighted by Gasteiger charge is 2.17. The van der Waals surface area contributed by atoms with E-state index in [4.69, 9.17) is 33.0 Å². The summed E-state index contributed by atoms with van der Waals surface area (Å²) in [7, 11) is 2.08. The number of carbonyl (C=O) groups is 1. The minimum Gasteiger partial charge on any atom is -0.492 e. The Morgan fingerprint density at radius 2 is 1.47 bits per heavy atom. The van der Waals surface area contributed by atoms with Gasteiger partial charge >= 0.3 is 5.97 Å². The van der Waals surface area contributed by atoms with E-state index in [-0.39, 0.29) is 11.7 Å². The van der Waals surface area contributed by atoms with Crippen LogP contribution in [-0.2, 0) is 4.79 Å². The van der Waals surface area contributed by atoms with Crippen molar-refractivity contribution < 1.29 is 14.6 Å². The van der Waals surface area contributed by atoms with E-state index in [1.807, 2.05) is 48.5 Å². The van der Waals surface area contributed by atoms with Crippen LogP contribution in [0.15, 0.2) is 77.7 Å². The molecule has 3 rings (SSSR count). The highest BCUT2D eigenvalue weighted by molar-refractivity contribution is 8.00. The molecule has 1 N–H and O–H groups in total. The van der Waals surface area contributed by atoms with Crippen molar-refractivity contribution in [3.8, 4) is 5.75 Å². The van der Waals surface area contributed by atoms with Gasteiger partial charge in [-0.2, -0.15) is 0 Å². The van der Waals surface area contributed by atoms with E-state index in [1.165, 1.54) is 22.9 Å². The van der Waals surface area contributed by atoms with Crippen LogP contribution < -0.4 is 4.74 Å². The van der Waals surface area contributed by atoms with E-state index >= 15 is 0 Å². The number of carboxylic acids is 1. The zero-order chi connectivity index (χ0) is 22.9. The molecule has 0 unspecified atom stereocenters. The van der Waals surface area contributed by atoms with Gasteiger partial charge in [-0.25, -0.2) is 0 Å². The average molecular weight is 490 g/mol. The smallest absolute Gasteiger partial charge is 0.313 e. The molecule has 0 heterocycles. The van der Waals surface area contributed by atoms with Crippen LogP contribution in [0.25, 0.3) is 0 Å². The van der Waals surface area contributed by atoms with Crippen LogP contribution in [0.5, 0.6) is 5.75 Å². The van der Waals surface area contributed by atoms with Crippen LogP contribution in [0.4, 0.5) is 0 Å². The Morgan fingerprint density at radius 1 is 0.938 bits per heavy atom. The second-order valence-corrected chi connectivity index (χ2v) is 9.34. The van der Waals surface area contributed by atoms with Gasteiger partial charge in [0.05, 0.1) is 5.75 Å². The van der Waals surface area contributed by atoms with Crippen molar-refractivity contribution in [2.24, 2.45) is 0 Å². The maximum Gasteiger partial charge on any atom is 0.313 e. The largest absolute Gasteiger partial charge is 0.492 e. The lowest BCUT2D eigenvalue weighted by atomic mass is 9.91. The van der Waals surface area contributed by atoms with Gasteiger partial charge < -0.3 is 14.7 Å². The lowest BCUT2D eigenvalue weighted by Crippen LogP contribution is -2.29. The molecule has 4 nitrogen and oxygen atoms in total. The van der Waals surface area contributed by atoms with Crippen LogP contribution in [0.1, 0.15) is 17.0 Å². The first-order chi connectivity index (χ1) is 15.4. The summed E-state index contributed by atoms with van der Waals surface area (Å²) in [5, 5.41) is 10.2. The average Bonchev–Trinajstić information content (AvgIpc) is 2.78. The van der Waals surface area contributed by atoms with Gasteiger partial charge in [-0.05, 0) is 66.7 Å². The number of carboxylic acid groups (broad SMARTS) is 1. The number of hydrogen-bond donors (Lipinski definition) is 1. The quantitative estimate of drug-likeness (QED) is 0.319. The number of halogens is 2. The summed E-state index contributed by atoms with van der Waals surface area (Å²) >= 11 is 13.5. The van der Waals surface area contributed by atoms with E-state index in [9.17, 15) is 4.79 Å². The van der Waals surface area contributed by atoms with Gasteiger partial charge in [0, 0.05) is 33.9 Å². The third-order valence-electron chi connectivity index (χ3n) is 4.97. The molecule has 0 fully saturated rings. The predicted molar refractivity (Wildman–Crippen MR) is 133 cm³/mol. The SMILES string of the molecule is CN(CCOc1ccc(SCC(=O)O)cc1)CC(c1ccc(Cl)cc1)c1ccc(Cl)cc1. The summed E-state index contributed by atoms with van der Waals surface area (Å²) in [6.45, 7) is 2.12. The number of aliphatic carboxylic acids is 1. The molecule has 168 valence electrons. The van der Waals surface area contributed by atoms with Crippen molar-refractivity contribution in [2.75, 3.05) is 32.5 Å². The Morgan fingerprint density at radius 3 is 1.97 bits per heavy atom. The lowest BCUT2D eigenvalue weighted by Gasteiger charge is -2.25. The van der Waals surface area contributed by atoms with Crippen LogP contribution in [0.3, 0.4) is 0 Å². The molecule has 0 atom stereocenters. The van der Waals surface area contributed by atoms with E-state index in [0.29, 0.717) is 6.61 Å². The van der Waals surface area contributed by atoms with Gasteiger partial charge in [0.2, 0.25) is 0 Å². The Labute approximate surface area is 203 Å². The molecule has 0 aliphatic heterocycles. The van der Waals surface area contributed by atoms with Crippen LogP contribution in [-0.4, -0.2) is 48.5 Å². The first kappa shape index (κ1) is 24.5.